The molecule has 1 aliphatic rings. The molecule has 4 rings (SSSR count). The first-order valence-electron chi connectivity index (χ1n) is 9.14. The highest BCUT2D eigenvalue weighted by molar-refractivity contribution is 7.53. The summed E-state index contributed by atoms with van der Waals surface area (Å²) in [4.78, 5) is 12.4. The minimum absolute atomic E-state index is 0.144. The third-order valence-corrected chi connectivity index (χ3v) is 6.43. The normalized spacial score (nSPS) is 23.3. The topological polar surface area (TPSA) is 114 Å². The van der Waals surface area contributed by atoms with Gasteiger partial charge < -0.3 is 19.6 Å². The fraction of sp³-hybridized carbons (Fsp3) is 0.389. The van der Waals surface area contributed by atoms with Crippen molar-refractivity contribution in [1.82, 2.24) is 19.5 Å². The summed E-state index contributed by atoms with van der Waals surface area (Å²) in [6, 6.07) is 7.33. The monoisotopic (exact) mass is 437 g/mol. The van der Waals surface area contributed by atoms with Crippen LogP contribution in [-0.4, -0.2) is 38.6 Å². The molecule has 3 aromatic rings. The van der Waals surface area contributed by atoms with Gasteiger partial charge in [-0.3, -0.25) is 9.09 Å². The van der Waals surface area contributed by atoms with Gasteiger partial charge in [-0.25, -0.2) is 15.0 Å². The zero-order chi connectivity index (χ0) is 20.4. The van der Waals surface area contributed by atoms with Crippen molar-refractivity contribution in [2.75, 3.05) is 18.7 Å². The molecule has 3 heterocycles. The minimum atomic E-state index is -3.39. The Bertz CT molecular complexity index is 1060. The van der Waals surface area contributed by atoms with Crippen molar-refractivity contribution in [2.45, 2.75) is 32.1 Å². The van der Waals surface area contributed by atoms with E-state index in [1.807, 2.05) is 29.7 Å². The number of hydrogen-bond acceptors (Lipinski definition) is 8. The molecule has 11 heteroatoms. The first-order chi connectivity index (χ1) is 13.9. The van der Waals surface area contributed by atoms with Gasteiger partial charge in [0, 0.05) is 11.4 Å². The number of nitrogen functional groups attached to an aromatic ring is 1. The highest BCUT2D eigenvalue weighted by Gasteiger charge is 2.35. The van der Waals surface area contributed by atoms with E-state index in [2.05, 4.69) is 15.0 Å². The van der Waals surface area contributed by atoms with Gasteiger partial charge in [-0.1, -0.05) is 23.7 Å². The van der Waals surface area contributed by atoms with Gasteiger partial charge in [0.15, 0.2) is 11.5 Å². The van der Waals surface area contributed by atoms with E-state index in [1.165, 1.54) is 6.33 Å². The quantitative estimate of drug-likeness (QED) is 0.579. The number of rotatable bonds is 6. The number of nitrogens with zero attached hydrogens (tertiary/aromatic N) is 4. The maximum absolute atomic E-state index is 13.0. The van der Waals surface area contributed by atoms with Gasteiger partial charge in [-0.2, -0.15) is 0 Å². The summed E-state index contributed by atoms with van der Waals surface area (Å²) in [6.07, 6.45) is 2.84. The lowest BCUT2D eigenvalue weighted by Crippen LogP contribution is -2.21. The van der Waals surface area contributed by atoms with Gasteiger partial charge in [0.25, 0.3) is 0 Å². The Labute approximate surface area is 172 Å². The standard InChI is InChI=1S/C18H21ClN5O4P/c1-12(8-24-10-23-16-17(20)21-9-22-18(16)24)26-11-29(25)27-6-5-15(28-29)13-3-2-4-14(19)7-13/h2-4,7,9-10,12,15H,5-6,8,11H2,1H3,(H2,20,21,22)/t12?,15-,29?/m0/s1. The number of aromatic nitrogens is 4. The first kappa shape index (κ1) is 20.3. The molecule has 2 unspecified atom stereocenters. The largest absolute Gasteiger partial charge is 0.382 e. The lowest BCUT2D eigenvalue weighted by molar-refractivity contribution is 0.0340. The van der Waals surface area contributed by atoms with Gasteiger partial charge in [0.2, 0.25) is 0 Å². The average molecular weight is 438 g/mol. The van der Waals surface area contributed by atoms with Crippen LogP contribution in [0.25, 0.3) is 11.2 Å². The van der Waals surface area contributed by atoms with Crippen LogP contribution in [0.4, 0.5) is 5.82 Å². The summed E-state index contributed by atoms with van der Waals surface area (Å²) < 4.78 is 31.8. The molecule has 9 nitrogen and oxygen atoms in total. The molecule has 0 amide bonds. The van der Waals surface area contributed by atoms with E-state index in [9.17, 15) is 4.57 Å². The molecular weight excluding hydrogens is 417 g/mol. The third-order valence-electron chi connectivity index (χ3n) is 4.58. The molecule has 29 heavy (non-hydrogen) atoms. The molecule has 0 spiro atoms. The second-order valence-electron chi connectivity index (χ2n) is 6.82. The molecule has 154 valence electrons. The molecule has 0 bridgehead atoms. The molecular formula is C18H21ClN5O4P. The first-order valence-corrected chi connectivity index (χ1v) is 11.2. The van der Waals surface area contributed by atoms with E-state index >= 15 is 0 Å². The maximum Gasteiger partial charge on any atom is 0.356 e. The predicted octanol–water partition coefficient (Wildman–Crippen LogP) is 3.80. The molecule has 1 aromatic carbocycles. The summed E-state index contributed by atoms with van der Waals surface area (Å²) >= 11 is 6.05. The number of imidazole rings is 1. The van der Waals surface area contributed by atoms with Crippen molar-refractivity contribution in [3.63, 3.8) is 0 Å². The van der Waals surface area contributed by atoms with Gasteiger partial charge in [-0.05, 0) is 24.6 Å². The van der Waals surface area contributed by atoms with Crippen molar-refractivity contribution in [2.24, 2.45) is 0 Å². The van der Waals surface area contributed by atoms with Crippen LogP contribution < -0.4 is 5.73 Å². The summed E-state index contributed by atoms with van der Waals surface area (Å²) in [5, 5.41) is 0.606. The lowest BCUT2D eigenvalue weighted by Gasteiger charge is -2.30. The van der Waals surface area contributed by atoms with Gasteiger partial charge in [0.1, 0.15) is 18.2 Å². The van der Waals surface area contributed by atoms with E-state index in [-0.39, 0.29) is 18.6 Å². The van der Waals surface area contributed by atoms with Crippen LogP contribution in [0.15, 0.2) is 36.9 Å². The smallest absolute Gasteiger partial charge is 0.356 e. The zero-order valence-corrected chi connectivity index (χ0v) is 17.4. The second kappa shape index (κ2) is 8.38. The Morgan fingerprint density at radius 3 is 3.10 bits per heavy atom. The van der Waals surface area contributed by atoms with E-state index in [4.69, 9.17) is 31.1 Å². The third kappa shape index (κ3) is 4.60. The molecule has 0 aliphatic carbocycles. The lowest BCUT2D eigenvalue weighted by atomic mass is 10.1. The van der Waals surface area contributed by atoms with Gasteiger partial charge in [-0.15, -0.1) is 0 Å². The van der Waals surface area contributed by atoms with Crippen LogP contribution >= 0.6 is 19.2 Å². The fourth-order valence-electron chi connectivity index (χ4n) is 3.16. The second-order valence-corrected chi connectivity index (χ2v) is 9.20. The number of ether oxygens (including phenoxy) is 1. The van der Waals surface area contributed by atoms with Crippen LogP contribution in [0.2, 0.25) is 5.02 Å². The molecule has 1 aliphatic heterocycles. The molecule has 0 radical (unpaired) electrons. The van der Waals surface area contributed by atoms with E-state index in [0.717, 1.165) is 5.56 Å². The number of benzene rings is 1. The van der Waals surface area contributed by atoms with Crippen molar-refractivity contribution < 1.29 is 18.3 Å². The summed E-state index contributed by atoms with van der Waals surface area (Å²) in [5.74, 6) is 0.322. The molecule has 3 atom stereocenters. The zero-order valence-electron chi connectivity index (χ0n) is 15.8. The summed E-state index contributed by atoms with van der Waals surface area (Å²) in [6.45, 7) is 2.64. The van der Waals surface area contributed by atoms with Crippen LogP contribution in [0.1, 0.15) is 25.0 Å². The van der Waals surface area contributed by atoms with E-state index < -0.39 is 7.60 Å². The minimum Gasteiger partial charge on any atom is -0.382 e. The van der Waals surface area contributed by atoms with Crippen molar-refractivity contribution >= 4 is 36.2 Å². The van der Waals surface area contributed by atoms with Crippen LogP contribution in [-0.2, 0) is 24.9 Å². The number of fused-ring (bicyclic) bond motifs is 1. The van der Waals surface area contributed by atoms with Gasteiger partial charge in [0.05, 0.1) is 31.7 Å². The number of hydrogen-bond donors (Lipinski definition) is 1. The number of anilines is 1. The van der Waals surface area contributed by atoms with Gasteiger partial charge >= 0.3 is 7.60 Å². The molecule has 0 saturated carbocycles. The SMILES string of the molecule is CC(Cn1cnc2c(N)ncnc21)OCP1(=O)OCC[C@@H](c2cccc(Cl)c2)O1. The van der Waals surface area contributed by atoms with Crippen molar-refractivity contribution in [1.29, 1.82) is 0 Å². The Morgan fingerprint density at radius 2 is 2.28 bits per heavy atom. The Hall–Kier alpha value is -2.03. The van der Waals surface area contributed by atoms with Crippen LogP contribution in [0, 0.1) is 0 Å². The van der Waals surface area contributed by atoms with E-state index in [1.54, 1.807) is 12.4 Å². The molecule has 2 N–H and O–H groups in total. The predicted molar refractivity (Wildman–Crippen MR) is 109 cm³/mol. The number of nitrogens with two attached hydrogens (primary N) is 1. The molecule has 2 aromatic heterocycles. The molecule has 1 saturated heterocycles. The number of halogens is 1. The van der Waals surface area contributed by atoms with Crippen molar-refractivity contribution in [3.8, 4) is 0 Å². The molecule has 1 fully saturated rings. The maximum atomic E-state index is 13.0. The summed E-state index contributed by atoms with van der Waals surface area (Å²) in [5.41, 5.74) is 7.83. The Balaban J connectivity index is 1.38. The fourth-order valence-corrected chi connectivity index (χ4v) is 4.99. The Morgan fingerprint density at radius 1 is 1.41 bits per heavy atom. The highest BCUT2D eigenvalue weighted by Crippen LogP contribution is 2.56. The Kier molecular flexibility index (Phi) is 5.85. The summed E-state index contributed by atoms with van der Waals surface area (Å²) in [7, 11) is -3.39. The highest BCUT2D eigenvalue weighted by atomic mass is 35.5. The van der Waals surface area contributed by atoms with Crippen LogP contribution in [0.5, 0.6) is 0 Å². The van der Waals surface area contributed by atoms with Crippen LogP contribution in [0.3, 0.4) is 0 Å². The van der Waals surface area contributed by atoms with Crippen molar-refractivity contribution in [3.05, 3.63) is 47.5 Å². The van der Waals surface area contributed by atoms with E-state index in [0.29, 0.717) is 41.6 Å². The average Bonchev–Trinajstić information content (AvgIpc) is 3.11.